The molecule has 2 atom stereocenters. The van der Waals surface area contributed by atoms with Gasteiger partial charge in [0.25, 0.3) is 0 Å². The number of fused-ring (bicyclic) bond motifs is 2. The molecular weight excluding hydrogens is 226 g/mol. The van der Waals surface area contributed by atoms with E-state index in [1.165, 1.54) is 11.1 Å². The Morgan fingerprint density at radius 3 is 2.56 bits per heavy atom. The molecule has 0 amide bonds. The molecule has 96 valence electrons. The lowest BCUT2D eigenvalue weighted by molar-refractivity contribution is -0.147. The van der Waals surface area contributed by atoms with Gasteiger partial charge in [0, 0.05) is 12.0 Å². The molecule has 0 saturated carbocycles. The van der Waals surface area contributed by atoms with Crippen LogP contribution in [0.3, 0.4) is 0 Å². The molecule has 0 unspecified atom stereocenters. The SMILES string of the molecule is CC(C)(C)[C@H]1OC(=O)[C@@H]2Cc3ccccc3CN21. The van der Waals surface area contributed by atoms with Crippen LogP contribution in [0.25, 0.3) is 0 Å². The van der Waals surface area contributed by atoms with E-state index < -0.39 is 0 Å². The van der Waals surface area contributed by atoms with Crippen LogP contribution in [-0.2, 0) is 22.5 Å². The third-order valence-electron chi connectivity index (χ3n) is 3.83. The van der Waals surface area contributed by atoms with Crippen molar-refractivity contribution in [2.24, 2.45) is 5.41 Å². The lowest BCUT2D eigenvalue weighted by Gasteiger charge is -2.37. The minimum atomic E-state index is -0.108. The molecule has 1 aromatic rings. The number of carbonyl (C=O) groups excluding carboxylic acids is 1. The van der Waals surface area contributed by atoms with Gasteiger partial charge in [0.2, 0.25) is 0 Å². The van der Waals surface area contributed by atoms with Gasteiger partial charge >= 0.3 is 5.97 Å². The highest BCUT2D eigenvalue weighted by Crippen LogP contribution is 2.37. The number of hydrogen-bond acceptors (Lipinski definition) is 3. The summed E-state index contributed by atoms with van der Waals surface area (Å²) in [5.74, 6) is -0.0653. The Morgan fingerprint density at radius 1 is 1.22 bits per heavy atom. The van der Waals surface area contributed by atoms with E-state index in [1.54, 1.807) is 0 Å². The standard InChI is InChI=1S/C15H19NO2/c1-15(2,3)14-16-9-11-7-5-4-6-10(11)8-12(16)13(17)18-14/h4-7,12,14H,8-9H2,1-3H3/t12-,14+/m0/s1. The van der Waals surface area contributed by atoms with E-state index >= 15 is 0 Å². The van der Waals surface area contributed by atoms with Crippen LogP contribution in [0.4, 0.5) is 0 Å². The molecule has 0 aliphatic carbocycles. The highest BCUT2D eigenvalue weighted by atomic mass is 16.6. The number of rotatable bonds is 0. The molecule has 0 radical (unpaired) electrons. The average Bonchev–Trinajstić information content (AvgIpc) is 2.64. The fourth-order valence-electron chi connectivity index (χ4n) is 2.94. The van der Waals surface area contributed by atoms with E-state index in [0.29, 0.717) is 0 Å². The van der Waals surface area contributed by atoms with Gasteiger partial charge in [-0.2, -0.15) is 0 Å². The summed E-state index contributed by atoms with van der Waals surface area (Å²) in [6.45, 7) is 7.17. The third kappa shape index (κ3) is 1.74. The summed E-state index contributed by atoms with van der Waals surface area (Å²) in [5, 5.41) is 0. The van der Waals surface area contributed by atoms with Crippen LogP contribution >= 0.6 is 0 Å². The van der Waals surface area contributed by atoms with Crippen molar-refractivity contribution in [1.29, 1.82) is 0 Å². The fourth-order valence-corrected chi connectivity index (χ4v) is 2.94. The normalized spacial score (nSPS) is 27.6. The molecule has 2 aliphatic heterocycles. The Balaban J connectivity index is 1.96. The summed E-state index contributed by atoms with van der Waals surface area (Å²) in [5.41, 5.74) is 2.56. The maximum atomic E-state index is 12.0. The molecule has 1 saturated heterocycles. The van der Waals surface area contributed by atoms with Crippen molar-refractivity contribution in [2.45, 2.75) is 46.0 Å². The maximum Gasteiger partial charge on any atom is 0.325 e. The summed E-state index contributed by atoms with van der Waals surface area (Å²) in [6.07, 6.45) is 0.671. The summed E-state index contributed by atoms with van der Waals surface area (Å²) in [6, 6.07) is 8.27. The Labute approximate surface area is 108 Å². The average molecular weight is 245 g/mol. The second-order valence-electron chi connectivity index (χ2n) is 6.32. The summed E-state index contributed by atoms with van der Waals surface area (Å²) < 4.78 is 5.59. The first-order valence-electron chi connectivity index (χ1n) is 6.50. The number of benzene rings is 1. The molecule has 2 aliphatic rings. The summed E-state index contributed by atoms with van der Waals surface area (Å²) in [4.78, 5) is 14.2. The van der Waals surface area contributed by atoms with Crippen LogP contribution < -0.4 is 0 Å². The van der Waals surface area contributed by atoms with Gasteiger partial charge in [-0.15, -0.1) is 0 Å². The van der Waals surface area contributed by atoms with Gasteiger partial charge in [0.1, 0.15) is 6.04 Å². The molecule has 0 bridgehead atoms. The molecule has 3 nitrogen and oxygen atoms in total. The van der Waals surface area contributed by atoms with E-state index in [-0.39, 0.29) is 23.7 Å². The number of nitrogens with zero attached hydrogens (tertiary/aromatic N) is 1. The van der Waals surface area contributed by atoms with Crippen molar-refractivity contribution in [3.63, 3.8) is 0 Å². The summed E-state index contributed by atoms with van der Waals surface area (Å²) in [7, 11) is 0. The molecule has 0 aromatic heterocycles. The Hall–Kier alpha value is -1.35. The second kappa shape index (κ2) is 3.82. The highest BCUT2D eigenvalue weighted by molar-refractivity contribution is 5.79. The van der Waals surface area contributed by atoms with Gasteiger partial charge in [0.15, 0.2) is 6.23 Å². The van der Waals surface area contributed by atoms with Gasteiger partial charge in [-0.3, -0.25) is 4.79 Å². The molecular formula is C15H19NO2. The lowest BCUT2D eigenvalue weighted by Crippen LogP contribution is -2.46. The minimum Gasteiger partial charge on any atom is -0.445 e. The predicted octanol–water partition coefficient (Wildman–Crippen LogP) is 2.34. The second-order valence-corrected chi connectivity index (χ2v) is 6.32. The highest BCUT2D eigenvalue weighted by Gasteiger charge is 2.48. The quantitative estimate of drug-likeness (QED) is 0.657. The Kier molecular flexibility index (Phi) is 2.49. The zero-order chi connectivity index (χ0) is 12.9. The van der Waals surface area contributed by atoms with E-state index in [2.05, 4.69) is 43.9 Å². The fraction of sp³-hybridized carbons (Fsp3) is 0.533. The molecule has 0 N–H and O–H groups in total. The minimum absolute atomic E-state index is 0.0449. The Morgan fingerprint density at radius 2 is 1.89 bits per heavy atom. The molecule has 2 heterocycles. The van der Waals surface area contributed by atoms with Crippen molar-refractivity contribution in [1.82, 2.24) is 4.90 Å². The Bertz CT molecular complexity index is 490. The van der Waals surface area contributed by atoms with Crippen LogP contribution in [-0.4, -0.2) is 23.1 Å². The topological polar surface area (TPSA) is 29.5 Å². The van der Waals surface area contributed by atoms with Crippen molar-refractivity contribution < 1.29 is 9.53 Å². The first kappa shape index (κ1) is 11.7. The van der Waals surface area contributed by atoms with Crippen molar-refractivity contribution >= 4 is 5.97 Å². The van der Waals surface area contributed by atoms with Crippen molar-refractivity contribution in [3.05, 3.63) is 35.4 Å². The first-order valence-corrected chi connectivity index (χ1v) is 6.50. The zero-order valence-electron chi connectivity index (χ0n) is 11.1. The van der Waals surface area contributed by atoms with Gasteiger partial charge in [-0.25, -0.2) is 4.90 Å². The smallest absolute Gasteiger partial charge is 0.325 e. The molecule has 1 aromatic carbocycles. The van der Waals surface area contributed by atoms with E-state index in [4.69, 9.17) is 4.74 Å². The lowest BCUT2D eigenvalue weighted by atomic mass is 9.89. The number of carbonyl (C=O) groups is 1. The number of cyclic esters (lactones) is 1. The van der Waals surface area contributed by atoms with E-state index in [9.17, 15) is 4.79 Å². The van der Waals surface area contributed by atoms with Gasteiger partial charge in [0.05, 0.1) is 0 Å². The van der Waals surface area contributed by atoms with Gasteiger partial charge in [-0.1, -0.05) is 45.0 Å². The van der Waals surface area contributed by atoms with Crippen molar-refractivity contribution in [2.75, 3.05) is 0 Å². The molecule has 1 fully saturated rings. The predicted molar refractivity (Wildman–Crippen MR) is 68.8 cm³/mol. The number of hydrogen-bond donors (Lipinski definition) is 0. The summed E-state index contributed by atoms with van der Waals surface area (Å²) >= 11 is 0. The first-order chi connectivity index (χ1) is 8.47. The molecule has 18 heavy (non-hydrogen) atoms. The molecule has 0 spiro atoms. The van der Waals surface area contributed by atoms with Crippen LogP contribution in [0, 0.1) is 5.41 Å². The van der Waals surface area contributed by atoms with Crippen LogP contribution in [0.1, 0.15) is 31.9 Å². The van der Waals surface area contributed by atoms with E-state index in [1.807, 2.05) is 6.07 Å². The monoisotopic (exact) mass is 245 g/mol. The van der Waals surface area contributed by atoms with Crippen LogP contribution in [0.5, 0.6) is 0 Å². The van der Waals surface area contributed by atoms with E-state index in [0.717, 1.165) is 13.0 Å². The third-order valence-corrected chi connectivity index (χ3v) is 3.83. The molecule has 3 heteroatoms. The van der Waals surface area contributed by atoms with Gasteiger partial charge < -0.3 is 4.74 Å². The van der Waals surface area contributed by atoms with Crippen LogP contribution in [0.15, 0.2) is 24.3 Å². The van der Waals surface area contributed by atoms with Crippen molar-refractivity contribution in [3.8, 4) is 0 Å². The van der Waals surface area contributed by atoms with Gasteiger partial charge in [-0.05, 0) is 17.5 Å². The largest absolute Gasteiger partial charge is 0.445 e. The van der Waals surface area contributed by atoms with Crippen LogP contribution in [0.2, 0.25) is 0 Å². The number of ether oxygens (including phenoxy) is 1. The number of esters is 1. The maximum absolute atomic E-state index is 12.0. The zero-order valence-corrected chi connectivity index (χ0v) is 11.1. The molecule has 3 rings (SSSR count).